The molecule has 0 radical (unpaired) electrons. The van der Waals surface area contributed by atoms with Crippen molar-refractivity contribution in [2.75, 3.05) is 6.61 Å². The summed E-state index contributed by atoms with van der Waals surface area (Å²) in [7, 11) is 0. The van der Waals surface area contributed by atoms with Gasteiger partial charge in [-0.3, -0.25) is 0 Å². The first kappa shape index (κ1) is 19.5. The number of rotatable bonds is 6. The van der Waals surface area contributed by atoms with E-state index in [1.54, 1.807) is 0 Å². The van der Waals surface area contributed by atoms with Gasteiger partial charge in [-0.15, -0.1) is 6.58 Å². The van der Waals surface area contributed by atoms with Gasteiger partial charge in [-0.05, 0) is 99.7 Å². The average molecular weight is 363 g/mol. The highest BCUT2D eigenvalue weighted by molar-refractivity contribution is 5.28. The van der Waals surface area contributed by atoms with Gasteiger partial charge in [-0.25, -0.2) is 8.78 Å². The van der Waals surface area contributed by atoms with Gasteiger partial charge in [-0.1, -0.05) is 6.08 Å². The third kappa shape index (κ3) is 4.54. The Kier molecular flexibility index (Phi) is 6.86. The first-order chi connectivity index (χ1) is 12.6. The molecular formula is C23H32F2O. The smallest absolute Gasteiger partial charge is 0.131 e. The zero-order valence-corrected chi connectivity index (χ0v) is 16.0. The molecule has 0 spiro atoms. The fourth-order valence-corrected chi connectivity index (χ4v) is 4.98. The maximum Gasteiger partial charge on any atom is 0.131 e. The highest BCUT2D eigenvalue weighted by Gasteiger charge is 2.31. The van der Waals surface area contributed by atoms with Crippen molar-refractivity contribution in [3.05, 3.63) is 47.5 Å². The minimum atomic E-state index is -0.460. The van der Waals surface area contributed by atoms with E-state index in [0.717, 1.165) is 30.2 Å². The largest absolute Gasteiger partial charge is 0.377 e. The summed E-state index contributed by atoms with van der Waals surface area (Å²) in [5.41, 5.74) is 0.886. The molecule has 0 atom stereocenters. The van der Waals surface area contributed by atoms with Crippen LogP contribution in [0.25, 0.3) is 0 Å². The first-order valence-electron chi connectivity index (χ1n) is 10.3. The van der Waals surface area contributed by atoms with Crippen LogP contribution in [0.15, 0.2) is 24.8 Å². The molecule has 2 saturated carbocycles. The summed E-state index contributed by atoms with van der Waals surface area (Å²) >= 11 is 0. The normalized spacial score (nSPS) is 29.5. The van der Waals surface area contributed by atoms with Crippen LogP contribution in [0.3, 0.4) is 0 Å². The molecule has 2 fully saturated rings. The van der Waals surface area contributed by atoms with E-state index in [9.17, 15) is 8.78 Å². The van der Waals surface area contributed by atoms with Crippen LogP contribution in [0.1, 0.15) is 75.3 Å². The Morgan fingerprint density at radius 3 is 2.00 bits per heavy atom. The molecule has 0 N–H and O–H groups in total. The quantitative estimate of drug-likeness (QED) is 0.508. The summed E-state index contributed by atoms with van der Waals surface area (Å²) in [6.45, 7) is 6.23. The maximum absolute atomic E-state index is 14.3. The lowest BCUT2D eigenvalue weighted by molar-refractivity contribution is 0.128. The van der Waals surface area contributed by atoms with Crippen LogP contribution in [0.4, 0.5) is 8.78 Å². The second-order valence-electron chi connectivity index (χ2n) is 8.12. The van der Waals surface area contributed by atoms with Crippen molar-refractivity contribution in [1.29, 1.82) is 0 Å². The maximum atomic E-state index is 14.3. The van der Waals surface area contributed by atoms with Gasteiger partial charge < -0.3 is 4.74 Å². The number of hydrogen-bond donors (Lipinski definition) is 0. The van der Waals surface area contributed by atoms with Crippen LogP contribution < -0.4 is 0 Å². The monoisotopic (exact) mass is 362 g/mol. The van der Waals surface area contributed by atoms with E-state index >= 15 is 0 Å². The molecule has 0 bridgehead atoms. The fourth-order valence-electron chi connectivity index (χ4n) is 4.98. The van der Waals surface area contributed by atoms with Gasteiger partial charge in [0.25, 0.3) is 0 Å². The highest BCUT2D eigenvalue weighted by atomic mass is 19.1. The predicted molar refractivity (Wildman–Crippen MR) is 102 cm³/mol. The van der Waals surface area contributed by atoms with E-state index in [-0.39, 0.29) is 12.2 Å². The molecule has 0 heterocycles. The zero-order valence-electron chi connectivity index (χ0n) is 16.0. The molecule has 1 nitrogen and oxygen atoms in total. The van der Waals surface area contributed by atoms with E-state index in [1.807, 2.05) is 6.92 Å². The SMILES string of the molecule is C=CC1CCC(C2CCC(c3cc(F)c(COCC)c(F)c3)CC2)CC1. The van der Waals surface area contributed by atoms with E-state index < -0.39 is 11.6 Å². The Hall–Kier alpha value is -1.22. The average Bonchev–Trinajstić information content (AvgIpc) is 2.67. The molecule has 2 aliphatic carbocycles. The van der Waals surface area contributed by atoms with Gasteiger partial charge >= 0.3 is 0 Å². The fraction of sp³-hybridized carbons (Fsp3) is 0.652. The summed E-state index contributed by atoms with van der Waals surface area (Å²) in [6, 6.07) is 3.08. The minimum Gasteiger partial charge on any atom is -0.377 e. The van der Waals surface area contributed by atoms with Crippen LogP contribution in [0.2, 0.25) is 0 Å². The molecular weight excluding hydrogens is 330 g/mol. The van der Waals surface area contributed by atoms with E-state index in [4.69, 9.17) is 4.74 Å². The van der Waals surface area contributed by atoms with Crippen molar-refractivity contribution >= 4 is 0 Å². The molecule has 26 heavy (non-hydrogen) atoms. The van der Waals surface area contributed by atoms with Gasteiger partial charge in [0.1, 0.15) is 11.6 Å². The first-order valence-corrected chi connectivity index (χ1v) is 10.3. The molecule has 0 amide bonds. The summed E-state index contributed by atoms with van der Waals surface area (Å²) in [5, 5.41) is 0. The molecule has 2 aliphatic rings. The van der Waals surface area contributed by atoms with Crippen molar-refractivity contribution in [2.45, 2.75) is 70.8 Å². The molecule has 0 aromatic heterocycles. The van der Waals surface area contributed by atoms with Crippen molar-refractivity contribution in [1.82, 2.24) is 0 Å². The lowest BCUT2D eigenvalue weighted by Gasteiger charge is -2.37. The molecule has 1 aromatic carbocycles. The summed E-state index contributed by atoms with van der Waals surface area (Å²) in [6.07, 6.45) is 11.8. The Labute approximate surface area is 156 Å². The van der Waals surface area contributed by atoms with Crippen molar-refractivity contribution in [3.63, 3.8) is 0 Å². The lowest BCUT2D eigenvalue weighted by Crippen LogP contribution is -2.25. The number of ether oxygens (including phenoxy) is 1. The zero-order chi connectivity index (χ0) is 18.5. The lowest BCUT2D eigenvalue weighted by atomic mass is 9.68. The molecule has 0 saturated heterocycles. The van der Waals surface area contributed by atoms with Crippen molar-refractivity contribution in [3.8, 4) is 0 Å². The second-order valence-corrected chi connectivity index (χ2v) is 8.12. The van der Waals surface area contributed by atoms with Gasteiger partial charge in [0.05, 0.1) is 6.61 Å². The van der Waals surface area contributed by atoms with E-state index in [2.05, 4.69) is 12.7 Å². The molecule has 3 heteroatoms. The number of allylic oxidation sites excluding steroid dienone is 1. The van der Waals surface area contributed by atoms with Gasteiger partial charge in [-0.2, -0.15) is 0 Å². The molecule has 144 valence electrons. The standard InChI is InChI=1S/C23H32F2O/c1-3-16-5-7-17(8-6-16)18-9-11-19(12-10-18)20-13-22(24)21(15-26-4-2)23(25)14-20/h3,13-14,16-19H,1,4-12,15H2,2H3. The summed E-state index contributed by atoms with van der Waals surface area (Å²) in [5.74, 6) is 1.72. The van der Waals surface area contributed by atoms with Gasteiger partial charge in [0.15, 0.2) is 0 Å². The topological polar surface area (TPSA) is 9.23 Å². The van der Waals surface area contributed by atoms with Crippen molar-refractivity contribution < 1.29 is 13.5 Å². The second kappa shape index (κ2) is 9.12. The third-order valence-electron chi connectivity index (χ3n) is 6.67. The number of benzene rings is 1. The van der Waals surface area contributed by atoms with Gasteiger partial charge in [0, 0.05) is 12.2 Å². The highest BCUT2D eigenvalue weighted by Crippen LogP contribution is 2.44. The molecule has 1 aromatic rings. The Morgan fingerprint density at radius 2 is 1.50 bits per heavy atom. The summed E-state index contributed by atoms with van der Waals surface area (Å²) < 4.78 is 33.8. The van der Waals surface area contributed by atoms with E-state index in [0.29, 0.717) is 18.4 Å². The van der Waals surface area contributed by atoms with Crippen LogP contribution in [0.5, 0.6) is 0 Å². The van der Waals surface area contributed by atoms with Crippen LogP contribution >= 0.6 is 0 Å². The van der Waals surface area contributed by atoms with E-state index in [1.165, 1.54) is 50.7 Å². The molecule has 3 rings (SSSR count). The van der Waals surface area contributed by atoms with Crippen LogP contribution in [-0.2, 0) is 11.3 Å². The Balaban J connectivity index is 1.57. The van der Waals surface area contributed by atoms with Gasteiger partial charge in [0.2, 0.25) is 0 Å². The Morgan fingerprint density at radius 1 is 0.962 bits per heavy atom. The molecule has 0 aliphatic heterocycles. The van der Waals surface area contributed by atoms with Crippen molar-refractivity contribution in [2.24, 2.45) is 17.8 Å². The predicted octanol–water partition coefficient (Wildman–Crippen LogP) is 6.77. The van der Waals surface area contributed by atoms with Crippen LogP contribution in [0, 0.1) is 29.4 Å². The minimum absolute atomic E-state index is 0.00850. The third-order valence-corrected chi connectivity index (χ3v) is 6.67. The summed E-state index contributed by atoms with van der Waals surface area (Å²) in [4.78, 5) is 0. The Bertz CT molecular complexity index is 573. The number of hydrogen-bond acceptors (Lipinski definition) is 1. The number of halogens is 2. The molecule has 0 unspecified atom stereocenters. The van der Waals surface area contributed by atoms with Crippen LogP contribution in [-0.4, -0.2) is 6.61 Å².